The zero-order valence-corrected chi connectivity index (χ0v) is 18.0. The number of nitrogens with one attached hydrogen (secondary N) is 2. The van der Waals surface area contributed by atoms with Crippen LogP contribution < -0.4 is 10.6 Å². The lowest BCUT2D eigenvalue weighted by Crippen LogP contribution is -2.33. The number of amides is 1. The van der Waals surface area contributed by atoms with Crippen LogP contribution in [-0.2, 0) is 16.1 Å². The van der Waals surface area contributed by atoms with Crippen LogP contribution in [0.5, 0.6) is 0 Å². The predicted molar refractivity (Wildman–Crippen MR) is 115 cm³/mol. The largest absolute Gasteiger partial charge is 0.490 e. The van der Waals surface area contributed by atoms with Crippen LogP contribution in [0.3, 0.4) is 0 Å². The molecule has 1 aromatic rings. The third-order valence-corrected chi connectivity index (χ3v) is 4.95. The van der Waals surface area contributed by atoms with E-state index < -0.39 is 13.0 Å². The third kappa shape index (κ3) is 7.43. The summed E-state index contributed by atoms with van der Waals surface area (Å²) in [4.78, 5) is 28.0. The van der Waals surface area contributed by atoms with Gasteiger partial charge in [-0.3, -0.25) is 4.79 Å². The number of ether oxygens (including phenoxy) is 1. The Morgan fingerprint density at radius 1 is 1.45 bits per heavy atom. The van der Waals surface area contributed by atoms with Crippen LogP contribution in [0.2, 0.25) is 0 Å². The SMILES string of the molecule is C=C/C(C)=C(\CNCCN1Cc2c(ccnc2NC)C1=O)OCC(F)F.O=CC1CC1. The molecule has 0 aromatic carbocycles. The summed E-state index contributed by atoms with van der Waals surface area (Å²) in [6.07, 6.45) is 3.96. The number of anilines is 1. The van der Waals surface area contributed by atoms with Gasteiger partial charge in [-0.1, -0.05) is 12.7 Å². The van der Waals surface area contributed by atoms with Crippen molar-refractivity contribution in [3.8, 4) is 0 Å². The molecule has 0 radical (unpaired) electrons. The van der Waals surface area contributed by atoms with Crippen molar-refractivity contribution in [2.75, 3.05) is 38.6 Å². The van der Waals surface area contributed by atoms with Crippen LogP contribution in [0.1, 0.15) is 35.7 Å². The number of fused-ring (bicyclic) bond motifs is 1. The lowest BCUT2D eigenvalue weighted by molar-refractivity contribution is -0.108. The van der Waals surface area contributed by atoms with Crippen LogP contribution in [0.4, 0.5) is 14.6 Å². The molecule has 2 aliphatic rings. The van der Waals surface area contributed by atoms with E-state index in [9.17, 15) is 18.4 Å². The van der Waals surface area contributed by atoms with Gasteiger partial charge in [0.1, 0.15) is 24.5 Å². The van der Waals surface area contributed by atoms with E-state index in [0.29, 0.717) is 54.8 Å². The van der Waals surface area contributed by atoms with Crippen LogP contribution in [0.25, 0.3) is 0 Å². The summed E-state index contributed by atoms with van der Waals surface area (Å²) in [5.74, 6) is 1.55. The number of allylic oxidation sites excluding steroid dienone is 2. The first kappa shape index (κ1) is 24.5. The first-order valence-electron chi connectivity index (χ1n) is 10.2. The Morgan fingerprint density at radius 3 is 2.74 bits per heavy atom. The highest BCUT2D eigenvalue weighted by Gasteiger charge is 2.29. The molecule has 2 heterocycles. The number of alkyl halides is 2. The highest BCUT2D eigenvalue weighted by atomic mass is 19.3. The van der Waals surface area contributed by atoms with Crippen LogP contribution in [0.15, 0.2) is 36.3 Å². The second-order valence-electron chi connectivity index (χ2n) is 7.33. The fourth-order valence-electron chi connectivity index (χ4n) is 2.91. The molecule has 1 aromatic heterocycles. The fraction of sp³-hybridized carbons (Fsp3) is 0.500. The van der Waals surface area contributed by atoms with E-state index in [1.807, 2.05) is 0 Å². The summed E-state index contributed by atoms with van der Waals surface area (Å²) < 4.78 is 29.8. The van der Waals surface area contributed by atoms with E-state index in [0.717, 1.165) is 24.7 Å². The van der Waals surface area contributed by atoms with Gasteiger partial charge in [-0.25, -0.2) is 13.8 Å². The molecule has 1 aliphatic carbocycles. The van der Waals surface area contributed by atoms with Crippen LogP contribution in [0, 0.1) is 5.92 Å². The quantitative estimate of drug-likeness (QED) is 0.240. The van der Waals surface area contributed by atoms with Crippen molar-refractivity contribution >= 4 is 18.0 Å². The van der Waals surface area contributed by atoms with Gasteiger partial charge >= 0.3 is 0 Å². The number of pyridine rings is 1. The Bertz CT molecular complexity index is 810. The maximum absolute atomic E-state index is 12.4. The van der Waals surface area contributed by atoms with Crippen molar-refractivity contribution in [1.29, 1.82) is 0 Å². The van der Waals surface area contributed by atoms with Gasteiger partial charge < -0.3 is 25.1 Å². The third-order valence-electron chi connectivity index (χ3n) is 4.95. The molecule has 3 rings (SSSR count). The summed E-state index contributed by atoms with van der Waals surface area (Å²) >= 11 is 0. The summed E-state index contributed by atoms with van der Waals surface area (Å²) in [5.41, 5.74) is 2.25. The van der Waals surface area contributed by atoms with E-state index in [2.05, 4.69) is 22.2 Å². The van der Waals surface area contributed by atoms with E-state index in [1.54, 1.807) is 37.2 Å². The smallest absolute Gasteiger partial charge is 0.272 e. The second kappa shape index (κ2) is 12.1. The van der Waals surface area contributed by atoms with E-state index in [4.69, 9.17) is 4.74 Å². The zero-order valence-electron chi connectivity index (χ0n) is 18.0. The molecule has 0 spiro atoms. The second-order valence-corrected chi connectivity index (χ2v) is 7.33. The molecule has 2 N–H and O–H groups in total. The molecule has 0 unspecified atom stereocenters. The first-order valence-corrected chi connectivity index (χ1v) is 10.2. The highest BCUT2D eigenvalue weighted by molar-refractivity contribution is 5.99. The van der Waals surface area contributed by atoms with Gasteiger partial charge in [0.05, 0.1) is 13.1 Å². The van der Waals surface area contributed by atoms with Crippen molar-refractivity contribution in [2.24, 2.45) is 5.92 Å². The molecule has 7 nitrogen and oxygen atoms in total. The Balaban J connectivity index is 0.000000597. The monoisotopic (exact) mass is 436 g/mol. The Hall–Kier alpha value is -2.81. The zero-order chi connectivity index (χ0) is 22.8. The Labute approximate surface area is 181 Å². The molecule has 1 fully saturated rings. The number of hydrogen-bond acceptors (Lipinski definition) is 6. The molecule has 0 saturated heterocycles. The van der Waals surface area contributed by atoms with Gasteiger partial charge in [0.2, 0.25) is 0 Å². The molecule has 0 bridgehead atoms. The maximum Gasteiger partial charge on any atom is 0.272 e. The number of hydrogen-bond donors (Lipinski definition) is 2. The first-order chi connectivity index (χ1) is 14.9. The summed E-state index contributed by atoms with van der Waals surface area (Å²) in [5, 5.41) is 6.12. The molecule has 1 amide bonds. The molecule has 1 aliphatic heterocycles. The number of carbonyl (C=O) groups excluding carboxylic acids is 2. The lowest BCUT2D eigenvalue weighted by atomic mass is 10.1. The Morgan fingerprint density at radius 2 is 2.19 bits per heavy atom. The molecule has 31 heavy (non-hydrogen) atoms. The summed E-state index contributed by atoms with van der Waals surface area (Å²) in [6.45, 7) is 6.52. The van der Waals surface area contributed by atoms with E-state index >= 15 is 0 Å². The molecular weight excluding hydrogens is 406 g/mol. The van der Waals surface area contributed by atoms with Crippen molar-refractivity contribution in [1.82, 2.24) is 15.2 Å². The van der Waals surface area contributed by atoms with Gasteiger partial charge in [-0.2, -0.15) is 0 Å². The summed E-state index contributed by atoms with van der Waals surface area (Å²) in [7, 11) is 1.77. The molecule has 9 heteroatoms. The number of halogens is 2. The van der Waals surface area contributed by atoms with Gasteiger partial charge in [-0.05, 0) is 31.4 Å². The van der Waals surface area contributed by atoms with Gasteiger partial charge in [0.25, 0.3) is 12.3 Å². The number of aldehydes is 1. The van der Waals surface area contributed by atoms with Crippen LogP contribution in [-0.4, -0.2) is 61.8 Å². The minimum absolute atomic E-state index is 0.0345. The maximum atomic E-state index is 12.4. The minimum atomic E-state index is -2.53. The van der Waals surface area contributed by atoms with Gasteiger partial charge in [0, 0.05) is 43.4 Å². The van der Waals surface area contributed by atoms with Crippen molar-refractivity contribution in [3.05, 3.63) is 47.4 Å². The van der Waals surface area contributed by atoms with Crippen LogP contribution >= 0.6 is 0 Å². The topological polar surface area (TPSA) is 83.6 Å². The van der Waals surface area contributed by atoms with Crippen molar-refractivity contribution in [3.63, 3.8) is 0 Å². The Kier molecular flexibility index (Phi) is 9.58. The number of rotatable bonds is 11. The average Bonchev–Trinajstić information content (AvgIpc) is 3.56. The summed E-state index contributed by atoms with van der Waals surface area (Å²) in [6, 6.07) is 1.72. The molecule has 1 saturated carbocycles. The lowest BCUT2D eigenvalue weighted by Gasteiger charge is -2.17. The number of aromatic nitrogens is 1. The number of carbonyl (C=O) groups is 2. The van der Waals surface area contributed by atoms with E-state index in [1.165, 1.54) is 0 Å². The molecule has 170 valence electrons. The predicted octanol–water partition coefficient (Wildman–Crippen LogP) is 3.01. The molecule has 0 atom stereocenters. The average molecular weight is 437 g/mol. The van der Waals surface area contributed by atoms with Crippen molar-refractivity contribution < 1.29 is 23.1 Å². The van der Waals surface area contributed by atoms with Gasteiger partial charge in [0.15, 0.2) is 0 Å². The highest BCUT2D eigenvalue weighted by Crippen LogP contribution is 2.27. The molecular formula is C22H30F2N4O3. The van der Waals surface area contributed by atoms with E-state index in [-0.39, 0.29) is 5.91 Å². The fourth-order valence-corrected chi connectivity index (χ4v) is 2.91. The minimum Gasteiger partial charge on any atom is -0.490 e. The van der Waals surface area contributed by atoms with Crippen molar-refractivity contribution in [2.45, 2.75) is 32.7 Å². The normalized spacial score (nSPS) is 15.6. The standard InChI is InChI=1S/C18H24F2N4O2.C4H6O/c1-4-12(2)15(26-11-16(19)20)9-22-7-8-24-10-14-13(18(24)25)5-6-23-17(14)21-3;5-3-4-1-2-4/h4-6,16,22H,1,7-11H2,2-3H3,(H,21,23);3-4H,1-2H2/b15-12+;. The number of nitrogens with zero attached hydrogens (tertiary/aromatic N) is 2. The van der Waals surface area contributed by atoms with Gasteiger partial charge in [-0.15, -0.1) is 0 Å².